The SMILES string of the molecule is Cc1cc([C@@H]2CCCN2S(=O)(=O)c2ccc3c(c2)CCC3)no1. The normalized spacial score (nSPS) is 21.7. The van der Waals surface area contributed by atoms with Gasteiger partial charge in [0.2, 0.25) is 10.0 Å². The summed E-state index contributed by atoms with van der Waals surface area (Å²) in [5.74, 6) is 0.710. The highest BCUT2D eigenvalue weighted by Gasteiger charge is 2.38. The van der Waals surface area contributed by atoms with Crippen LogP contribution in [0.4, 0.5) is 0 Å². The number of rotatable bonds is 3. The zero-order valence-electron chi connectivity index (χ0n) is 13.2. The summed E-state index contributed by atoms with van der Waals surface area (Å²) in [6.45, 7) is 2.36. The molecule has 1 atom stereocenters. The van der Waals surface area contributed by atoms with Gasteiger partial charge in [-0.05, 0) is 62.3 Å². The largest absolute Gasteiger partial charge is 0.361 e. The van der Waals surface area contributed by atoms with Crippen LogP contribution >= 0.6 is 0 Å². The summed E-state index contributed by atoms with van der Waals surface area (Å²) < 4.78 is 32.9. The number of nitrogens with zero attached hydrogens (tertiary/aromatic N) is 2. The summed E-state index contributed by atoms with van der Waals surface area (Å²) >= 11 is 0. The third kappa shape index (κ3) is 2.50. The molecule has 1 saturated heterocycles. The first-order valence-corrected chi connectivity index (χ1v) is 9.56. The van der Waals surface area contributed by atoms with Crippen molar-refractivity contribution in [2.24, 2.45) is 0 Å². The lowest BCUT2D eigenvalue weighted by molar-refractivity contribution is 0.349. The minimum absolute atomic E-state index is 0.217. The molecule has 1 aliphatic carbocycles. The summed E-state index contributed by atoms with van der Waals surface area (Å²) in [7, 11) is -3.50. The zero-order valence-corrected chi connectivity index (χ0v) is 14.0. The molecule has 1 aromatic carbocycles. The van der Waals surface area contributed by atoms with Crippen LogP contribution in [0.1, 0.15) is 47.9 Å². The van der Waals surface area contributed by atoms with Gasteiger partial charge in [-0.2, -0.15) is 4.31 Å². The second-order valence-electron chi connectivity index (χ2n) is 6.42. The van der Waals surface area contributed by atoms with E-state index in [1.54, 1.807) is 10.4 Å². The molecule has 0 radical (unpaired) electrons. The van der Waals surface area contributed by atoms with E-state index in [0.29, 0.717) is 22.9 Å². The smallest absolute Gasteiger partial charge is 0.243 e. The van der Waals surface area contributed by atoms with Crippen LogP contribution in [0.5, 0.6) is 0 Å². The molecule has 5 nitrogen and oxygen atoms in total. The van der Waals surface area contributed by atoms with Gasteiger partial charge in [-0.1, -0.05) is 11.2 Å². The van der Waals surface area contributed by atoms with Gasteiger partial charge in [0.25, 0.3) is 0 Å². The monoisotopic (exact) mass is 332 g/mol. The standard InChI is InChI=1S/C17H20N2O3S/c1-12-10-16(18-22-12)17-6-3-9-19(17)23(20,21)15-8-7-13-4-2-5-14(13)11-15/h7-8,10-11,17H,2-6,9H2,1H3/t17-/m0/s1. The molecule has 0 bridgehead atoms. The number of aryl methyl sites for hydroxylation is 3. The number of sulfonamides is 1. The number of fused-ring (bicyclic) bond motifs is 1. The van der Waals surface area contributed by atoms with Gasteiger partial charge in [0.05, 0.1) is 10.9 Å². The maximum Gasteiger partial charge on any atom is 0.243 e. The van der Waals surface area contributed by atoms with Crippen LogP contribution in [0.3, 0.4) is 0 Å². The summed E-state index contributed by atoms with van der Waals surface area (Å²) in [6, 6.07) is 7.21. The fraction of sp³-hybridized carbons (Fsp3) is 0.471. The van der Waals surface area contributed by atoms with Gasteiger partial charge in [-0.3, -0.25) is 0 Å². The highest BCUT2D eigenvalue weighted by atomic mass is 32.2. The second-order valence-corrected chi connectivity index (χ2v) is 8.31. The summed E-state index contributed by atoms with van der Waals surface area (Å²) in [4.78, 5) is 0.408. The maximum atomic E-state index is 13.1. The molecule has 23 heavy (non-hydrogen) atoms. The average molecular weight is 332 g/mol. The number of hydrogen-bond acceptors (Lipinski definition) is 4. The minimum Gasteiger partial charge on any atom is -0.361 e. The molecule has 2 aliphatic rings. The van der Waals surface area contributed by atoms with Crippen LogP contribution in [0.25, 0.3) is 0 Å². The van der Waals surface area contributed by atoms with Crippen molar-refractivity contribution in [1.29, 1.82) is 0 Å². The third-order valence-electron chi connectivity index (χ3n) is 4.87. The third-order valence-corrected chi connectivity index (χ3v) is 6.77. The van der Waals surface area contributed by atoms with E-state index in [4.69, 9.17) is 4.52 Å². The highest BCUT2D eigenvalue weighted by Crippen LogP contribution is 2.37. The van der Waals surface area contributed by atoms with E-state index in [0.717, 1.165) is 32.1 Å². The van der Waals surface area contributed by atoms with Gasteiger partial charge < -0.3 is 4.52 Å². The average Bonchev–Trinajstić information content (AvgIpc) is 3.26. The van der Waals surface area contributed by atoms with Gasteiger partial charge >= 0.3 is 0 Å². The van der Waals surface area contributed by atoms with Crippen molar-refractivity contribution < 1.29 is 12.9 Å². The first-order valence-electron chi connectivity index (χ1n) is 8.12. The quantitative estimate of drug-likeness (QED) is 0.867. The van der Waals surface area contributed by atoms with Crippen molar-refractivity contribution in [1.82, 2.24) is 9.46 Å². The van der Waals surface area contributed by atoms with Crippen molar-refractivity contribution >= 4 is 10.0 Å². The van der Waals surface area contributed by atoms with Gasteiger partial charge in [0.15, 0.2) is 0 Å². The summed E-state index contributed by atoms with van der Waals surface area (Å²) in [5, 5.41) is 4.03. The molecule has 0 amide bonds. The van der Waals surface area contributed by atoms with Crippen LogP contribution in [-0.2, 0) is 22.9 Å². The topological polar surface area (TPSA) is 63.4 Å². The van der Waals surface area contributed by atoms with Gasteiger partial charge in [0.1, 0.15) is 11.5 Å². The Hall–Kier alpha value is -1.66. The fourth-order valence-corrected chi connectivity index (χ4v) is 5.43. The molecule has 4 rings (SSSR count). The van der Waals surface area contributed by atoms with Crippen molar-refractivity contribution in [3.8, 4) is 0 Å². The zero-order chi connectivity index (χ0) is 16.0. The Labute approximate surface area is 136 Å². The van der Waals surface area contributed by atoms with E-state index in [-0.39, 0.29) is 6.04 Å². The van der Waals surface area contributed by atoms with Crippen LogP contribution in [0.15, 0.2) is 33.7 Å². The van der Waals surface area contributed by atoms with Gasteiger partial charge in [-0.25, -0.2) is 8.42 Å². The highest BCUT2D eigenvalue weighted by molar-refractivity contribution is 7.89. The van der Waals surface area contributed by atoms with E-state index < -0.39 is 10.0 Å². The number of benzene rings is 1. The molecule has 0 saturated carbocycles. The van der Waals surface area contributed by atoms with E-state index in [1.807, 2.05) is 25.1 Å². The van der Waals surface area contributed by atoms with Crippen molar-refractivity contribution in [2.75, 3.05) is 6.54 Å². The molecular weight excluding hydrogens is 312 g/mol. The molecule has 2 aromatic rings. The van der Waals surface area contributed by atoms with Crippen molar-refractivity contribution in [2.45, 2.75) is 50.0 Å². The molecule has 0 N–H and O–H groups in total. The lowest BCUT2D eigenvalue weighted by Crippen LogP contribution is -2.31. The van der Waals surface area contributed by atoms with Gasteiger partial charge in [-0.15, -0.1) is 0 Å². The van der Waals surface area contributed by atoms with Crippen LogP contribution in [0.2, 0.25) is 0 Å². The Balaban J connectivity index is 1.70. The fourth-order valence-electron chi connectivity index (χ4n) is 3.71. The molecule has 122 valence electrons. The molecule has 6 heteroatoms. The lowest BCUT2D eigenvalue weighted by Gasteiger charge is -2.22. The van der Waals surface area contributed by atoms with Crippen LogP contribution in [0, 0.1) is 6.92 Å². The van der Waals surface area contributed by atoms with Crippen molar-refractivity contribution in [3.63, 3.8) is 0 Å². The van der Waals surface area contributed by atoms with E-state index in [2.05, 4.69) is 5.16 Å². The van der Waals surface area contributed by atoms with Crippen LogP contribution < -0.4 is 0 Å². The van der Waals surface area contributed by atoms with Crippen LogP contribution in [-0.4, -0.2) is 24.4 Å². The summed E-state index contributed by atoms with van der Waals surface area (Å²) in [6.07, 6.45) is 4.78. The first-order chi connectivity index (χ1) is 11.1. The van der Waals surface area contributed by atoms with Crippen molar-refractivity contribution in [3.05, 3.63) is 46.8 Å². The number of hydrogen-bond donors (Lipinski definition) is 0. The second kappa shape index (κ2) is 5.46. The Kier molecular flexibility index (Phi) is 3.54. The molecular formula is C17H20N2O3S. The predicted octanol–water partition coefficient (Wildman–Crippen LogP) is 3.00. The molecule has 1 fully saturated rings. The van der Waals surface area contributed by atoms with E-state index >= 15 is 0 Å². The molecule has 0 unspecified atom stereocenters. The van der Waals surface area contributed by atoms with Gasteiger partial charge in [0, 0.05) is 12.6 Å². The Morgan fingerprint density at radius 2 is 2.00 bits per heavy atom. The molecule has 0 spiro atoms. The Morgan fingerprint density at radius 3 is 2.78 bits per heavy atom. The predicted molar refractivity (Wildman–Crippen MR) is 85.6 cm³/mol. The van der Waals surface area contributed by atoms with E-state index in [1.165, 1.54) is 11.1 Å². The lowest BCUT2D eigenvalue weighted by atomic mass is 10.1. The van der Waals surface area contributed by atoms with E-state index in [9.17, 15) is 8.42 Å². The Bertz CT molecular complexity index is 841. The maximum absolute atomic E-state index is 13.1. The summed E-state index contributed by atoms with van der Waals surface area (Å²) in [5.41, 5.74) is 3.18. The molecule has 1 aliphatic heterocycles. The molecule has 2 heterocycles. The number of aromatic nitrogens is 1. The minimum atomic E-state index is -3.50. The Morgan fingerprint density at radius 1 is 1.17 bits per heavy atom. The molecule has 1 aromatic heterocycles. The first kappa shape index (κ1) is 14.9.